The molecule has 1 amide bonds. The summed E-state index contributed by atoms with van der Waals surface area (Å²) in [6.07, 6.45) is 0. The maximum atomic E-state index is 14.0. The number of amides is 1. The first-order chi connectivity index (χ1) is 18.9. The van der Waals surface area contributed by atoms with Crippen LogP contribution in [-0.2, 0) is 13.2 Å². The standard InChI is InChI=1S/C34H29NO4/c1-21-12-14-24(15-13-21)19-35-30(26-10-7-11-27(18-26)38-20-25-8-5-4-6-9-25)29-31(36)28-17-22(2)16-23(3)32(28)39-33(29)34(35)37/h4-18,30H,19-20H2,1-3H3. The first kappa shape index (κ1) is 24.7. The van der Waals surface area contributed by atoms with E-state index in [-0.39, 0.29) is 17.1 Å². The lowest BCUT2D eigenvalue weighted by Crippen LogP contribution is -2.29. The highest BCUT2D eigenvalue weighted by Gasteiger charge is 2.43. The molecule has 0 N–H and O–H groups in total. The number of benzene rings is 4. The molecule has 6 rings (SSSR count). The molecule has 1 aliphatic heterocycles. The summed E-state index contributed by atoms with van der Waals surface area (Å²) in [5.74, 6) is 0.502. The Morgan fingerprint density at radius 3 is 2.33 bits per heavy atom. The zero-order chi connectivity index (χ0) is 27.1. The normalized spacial score (nSPS) is 14.6. The lowest BCUT2D eigenvalue weighted by Gasteiger charge is -2.25. The Kier molecular flexibility index (Phi) is 6.27. The fourth-order valence-corrected chi connectivity index (χ4v) is 5.39. The van der Waals surface area contributed by atoms with Crippen molar-refractivity contribution in [2.45, 2.75) is 40.0 Å². The maximum Gasteiger partial charge on any atom is 0.291 e. The van der Waals surface area contributed by atoms with Crippen LogP contribution in [0, 0.1) is 20.8 Å². The molecule has 0 radical (unpaired) electrons. The van der Waals surface area contributed by atoms with Crippen LogP contribution >= 0.6 is 0 Å². The molecule has 5 aromatic rings. The lowest BCUT2D eigenvalue weighted by molar-refractivity contribution is 0.0714. The molecule has 0 saturated heterocycles. The van der Waals surface area contributed by atoms with Gasteiger partial charge in [0.05, 0.1) is 17.0 Å². The second-order valence-electron chi connectivity index (χ2n) is 10.3. The number of carbonyl (C=O) groups excluding carboxylic acids is 1. The van der Waals surface area contributed by atoms with Gasteiger partial charge >= 0.3 is 0 Å². The van der Waals surface area contributed by atoms with E-state index in [9.17, 15) is 9.59 Å². The number of carbonyl (C=O) groups is 1. The minimum absolute atomic E-state index is 0.118. The van der Waals surface area contributed by atoms with Gasteiger partial charge in [0.1, 0.15) is 17.9 Å². The average molecular weight is 516 g/mol. The van der Waals surface area contributed by atoms with E-state index in [0.29, 0.717) is 35.4 Å². The van der Waals surface area contributed by atoms with Crippen molar-refractivity contribution in [2.75, 3.05) is 0 Å². The molecular formula is C34H29NO4. The predicted octanol–water partition coefficient (Wildman–Crippen LogP) is 7.04. The second-order valence-corrected chi connectivity index (χ2v) is 10.3. The van der Waals surface area contributed by atoms with Crippen LogP contribution in [0.3, 0.4) is 0 Å². The van der Waals surface area contributed by atoms with Crippen LogP contribution in [0.1, 0.15) is 55.5 Å². The van der Waals surface area contributed by atoms with Crippen molar-refractivity contribution in [3.8, 4) is 5.75 Å². The molecule has 0 aliphatic carbocycles. The van der Waals surface area contributed by atoms with Crippen LogP contribution in [0.4, 0.5) is 0 Å². The summed E-state index contributed by atoms with van der Waals surface area (Å²) < 4.78 is 12.3. The van der Waals surface area contributed by atoms with E-state index in [1.54, 1.807) is 4.90 Å². The molecule has 1 atom stereocenters. The van der Waals surface area contributed by atoms with Crippen LogP contribution in [0.5, 0.6) is 5.75 Å². The third kappa shape index (κ3) is 4.61. The second kappa shape index (κ2) is 9.91. The number of fused-ring (bicyclic) bond motifs is 2. The maximum absolute atomic E-state index is 14.0. The number of nitrogens with zero attached hydrogens (tertiary/aromatic N) is 1. The fraction of sp³-hybridized carbons (Fsp3) is 0.176. The zero-order valence-electron chi connectivity index (χ0n) is 22.2. The quantitative estimate of drug-likeness (QED) is 0.243. The van der Waals surface area contributed by atoms with E-state index < -0.39 is 6.04 Å². The van der Waals surface area contributed by atoms with Crippen molar-refractivity contribution in [1.82, 2.24) is 4.90 Å². The highest BCUT2D eigenvalue weighted by Crippen LogP contribution is 2.40. The molecule has 5 nitrogen and oxygen atoms in total. The molecule has 5 heteroatoms. The van der Waals surface area contributed by atoms with Crippen molar-refractivity contribution in [2.24, 2.45) is 0 Å². The van der Waals surface area contributed by atoms with E-state index in [1.807, 2.05) is 112 Å². The molecule has 1 unspecified atom stereocenters. The van der Waals surface area contributed by atoms with Gasteiger partial charge in [-0.05, 0) is 66.8 Å². The Morgan fingerprint density at radius 1 is 0.795 bits per heavy atom. The molecule has 2 heterocycles. The third-order valence-corrected chi connectivity index (χ3v) is 7.29. The van der Waals surface area contributed by atoms with E-state index >= 15 is 0 Å². The molecule has 0 saturated carbocycles. The van der Waals surface area contributed by atoms with Gasteiger partial charge in [-0.25, -0.2) is 0 Å². The lowest BCUT2D eigenvalue weighted by atomic mass is 9.97. The van der Waals surface area contributed by atoms with Crippen LogP contribution < -0.4 is 10.2 Å². The summed E-state index contributed by atoms with van der Waals surface area (Å²) >= 11 is 0. The van der Waals surface area contributed by atoms with Gasteiger partial charge in [-0.1, -0.05) is 78.4 Å². The van der Waals surface area contributed by atoms with Crippen molar-refractivity contribution in [3.63, 3.8) is 0 Å². The van der Waals surface area contributed by atoms with Crippen LogP contribution in [0.25, 0.3) is 11.0 Å². The molecule has 0 fully saturated rings. The van der Waals surface area contributed by atoms with Gasteiger partial charge in [-0.3, -0.25) is 9.59 Å². The molecule has 194 valence electrons. The molecule has 0 spiro atoms. The van der Waals surface area contributed by atoms with Gasteiger partial charge in [-0.2, -0.15) is 0 Å². The monoisotopic (exact) mass is 515 g/mol. The summed E-state index contributed by atoms with van der Waals surface area (Å²) in [6.45, 7) is 6.65. The first-order valence-electron chi connectivity index (χ1n) is 13.1. The van der Waals surface area contributed by atoms with Crippen molar-refractivity contribution in [1.29, 1.82) is 0 Å². The van der Waals surface area contributed by atoms with E-state index in [4.69, 9.17) is 9.15 Å². The Bertz CT molecular complexity index is 1750. The molecule has 0 bridgehead atoms. The molecular weight excluding hydrogens is 486 g/mol. The Balaban J connectivity index is 1.47. The minimum Gasteiger partial charge on any atom is -0.489 e. The van der Waals surface area contributed by atoms with Gasteiger partial charge in [0.2, 0.25) is 5.76 Å². The number of ether oxygens (including phenoxy) is 1. The van der Waals surface area contributed by atoms with Crippen LogP contribution in [0.2, 0.25) is 0 Å². The van der Waals surface area contributed by atoms with Gasteiger partial charge in [0.15, 0.2) is 5.43 Å². The van der Waals surface area contributed by atoms with Gasteiger partial charge < -0.3 is 14.1 Å². The van der Waals surface area contributed by atoms with Crippen LogP contribution in [0.15, 0.2) is 100 Å². The summed E-state index contributed by atoms with van der Waals surface area (Å²) in [5, 5.41) is 0.498. The Hall–Kier alpha value is -4.64. The highest BCUT2D eigenvalue weighted by molar-refractivity contribution is 5.99. The molecule has 4 aromatic carbocycles. The largest absolute Gasteiger partial charge is 0.489 e. The van der Waals surface area contributed by atoms with Crippen LogP contribution in [-0.4, -0.2) is 10.8 Å². The van der Waals surface area contributed by atoms with Crippen molar-refractivity contribution in [3.05, 3.63) is 146 Å². The highest BCUT2D eigenvalue weighted by atomic mass is 16.5. The summed E-state index contributed by atoms with van der Waals surface area (Å²) in [4.78, 5) is 29.6. The van der Waals surface area contributed by atoms with Gasteiger partial charge in [0, 0.05) is 6.54 Å². The number of hydrogen-bond donors (Lipinski definition) is 0. The third-order valence-electron chi connectivity index (χ3n) is 7.29. The van der Waals surface area contributed by atoms with E-state index in [0.717, 1.165) is 33.4 Å². The Labute approximate surface area is 227 Å². The van der Waals surface area contributed by atoms with E-state index in [1.165, 1.54) is 0 Å². The van der Waals surface area contributed by atoms with Crippen molar-refractivity contribution >= 4 is 16.9 Å². The smallest absolute Gasteiger partial charge is 0.291 e. The number of rotatable bonds is 6. The molecule has 1 aliphatic rings. The van der Waals surface area contributed by atoms with E-state index in [2.05, 4.69) is 0 Å². The zero-order valence-corrected chi connectivity index (χ0v) is 22.2. The predicted molar refractivity (Wildman–Crippen MR) is 152 cm³/mol. The SMILES string of the molecule is Cc1ccc(CN2C(=O)c3oc4c(C)cc(C)cc4c(=O)c3C2c2cccc(OCc3ccccc3)c2)cc1. The summed E-state index contributed by atoms with van der Waals surface area (Å²) in [5.41, 5.74) is 6.47. The first-order valence-corrected chi connectivity index (χ1v) is 13.1. The summed E-state index contributed by atoms with van der Waals surface area (Å²) in [7, 11) is 0. The number of aryl methyl sites for hydroxylation is 3. The van der Waals surface area contributed by atoms with Crippen molar-refractivity contribution < 1.29 is 13.9 Å². The molecule has 1 aromatic heterocycles. The topological polar surface area (TPSA) is 59.8 Å². The minimum atomic E-state index is -0.601. The molecule has 39 heavy (non-hydrogen) atoms. The fourth-order valence-electron chi connectivity index (χ4n) is 5.39. The van der Waals surface area contributed by atoms with Gasteiger partial charge in [0.25, 0.3) is 5.91 Å². The average Bonchev–Trinajstić information content (AvgIpc) is 3.21. The van der Waals surface area contributed by atoms with Gasteiger partial charge in [-0.15, -0.1) is 0 Å². The summed E-state index contributed by atoms with van der Waals surface area (Å²) in [6, 6.07) is 28.9. The Morgan fingerprint density at radius 2 is 1.56 bits per heavy atom. The number of hydrogen-bond acceptors (Lipinski definition) is 4.